The second-order valence-electron chi connectivity index (χ2n) is 7.49. The van der Waals surface area contributed by atoms with Crippen LogP contribution in [0.1, 0.15) is 46.0 Å². The van der Waals surface area contributed by atoms with E-state index in [2.05, 4.69) is 24.1 Å². The van der Waals surface area contributed by atoms with Crippen molar-refractivity contribution in [2.45, 2.75) is 51.5 Å². The van der Waals surface area contributed by atoms with E-state index in [4.69, 9.17) is 5.73 Å². The molecular formula is C17H31N3O. The van der Waals surface area contributed by atoms with Crippen LogP contribution in [0.25, 0.3) is 0 Å². The van der Waals surface area contributed by atoms with Gasteiger partial charge in [0.2, 0.25) is 5.91 Å². The first-order valence-electron chi connectivity index (χ1n) is 8.87. The monoisotopic (exact) mass is 293 g/mol. The van der Waals surface area contributed by atoms with E-state index in [9.17, 15) is 4.79 Å². The molecule has 0 heterocycles. The Hall–Kier alpha value is -0.610. The Labute approximate surface area is 128 Å². The van der Waals surface area contributed by atoms with Crippen LogP contribution in [-0.2, 0) is 4.79 Å². The zero-order chi connectivity index (χ0) is 15.0. The molecule has 4 nitrogen and oxygen atoms in total. The zero-order valence-corrected chi connectivity index (χ0v) is 13.6. The number of carbonyl (C=O) groups is 1. The summed E-state index contributed by atoms with van der Waals surface area (Å²) < 4.78 is 0. The Balaban J connectivity index is 1.70. The van der Waals surface area contributed by atoms with E-state index in [0.717, 1.165) is 38.0 Å². The van der Waals surface area contributed by atoms with Gasteiger partial charge >= 0.3 is 0 Å². The van der Waals surface area contributed by atoms with Gasteiger partial charge in [-0.25, -0.2) is 0 Å². The van der Waals surface area contributed by atoms with E-state index in [1.807, 2.05) is 0 Å². The molecule has 0 aromatic rings. The highest BCUT2D eigenvalue weighted by molar-refractivity contribution is 5.86. The highest BCUT2D eigenvalue weighted by Gasteiger charge is 2.59. The van der Waals surface area contributed by atoms with Crippen molar-refractivity contribution in [2.24, 2.45) is 29.4 Å². The van der Waals surface area contributed by atoms with Crippen LogP contribution in [0.5, 0.6) is 0 Å². The molecule has 4 heteroatoms. The van der Waals surface area contributed by atoms with Crippen molar-refractivity contribution in [1.29, 1.82) is 0 Å². The van der Waals surface area contributed by atoms with Crippen molar-refractivity contribution >= 4 is 5.91 Å². The summed E-state index contributed by atoms with van der Waals surface area (Å²) in [6, 6.07) is 0. The number of likely N-dealkylation sites (N-methyl/N-ethyl adjacent to an activating group) is 1. The lowest BCUT2D eigenvalue weighted by atomic mass is 9.48. The van der Waals surface area contributed by atoms with Crippen LogP contribution >= 0.6 is 0 Å². The van der Waals surface area contributed by atoms with Gasteiger partial charge in [0.05, 0.1) is 0 Å². The molecule has 21 heavy (non-hydrogen) atoms. The molecule has 4 saturated carbocycles. The maximum absolute atomic E-state index is 12.4. The third-order valence-corrected chi connectivity index (χ3v) is 6.57. The van der Waals surface area contributed by atoms with Gasteiger partial charge < -0.3 is 16.0 Å². The van der Waals surface area contributed by atoms with Gasteiger partial charge in [0.15, 0.2) is 0 Å². The van der Waals surface area contributed by atoms with Crippen LogP contribution in [0.2, 0.25) is 0 Å². The smallest absolute Gasteiger partial charge is 0.238 e. The standard InChI is InChI=1S/C17H31N3O/c1-3-20(4-2)6-5-19-17(16(18)21)14-8-12-7-13(10-14)11-15(17)9-12/h12-15,19H,3-11H2,1-2H3,(H2,18,21). The maximum atomic E-state index is 12.4. The zero-order valence-electron chi connectivity index (χ0n) is 13.6. The van der Waals surface area contributed by atoms with Gasteiger partial charge in [-0.15, -0.1) is 0 Å². The molecule has 0 spiro atoms. The Kier molecular flexibility index (Phi) is 4.28. The first-order chi connectivity index (χ1) is 10.1. The van der Waals surface area contributed by atoms with Crippen LogP contribution in [0, 0.1) is 23.7 Å². The van der Waals surface area contributed by atoms with Crippen molar-refractivity contribution in [1.82, 2.24) is 10.2 Å². The van der Waals surface area contributed by atoms with Crippen LogP contribution in [0.3, 0.4) is 0 Å². The molecular weight excluding hydrogens is 262 g/mol. The molecule has 0 aromatic carbocycles. The average molecular weight is 293 g/mol. The first-order valence-corrected chi connectivity index (χ1v) is 8.87. The van der Waals surface area contributed by atoms with E-state index in [1.165, 1.54) is 32.1 Å². The minimum atomic E-state index is -0.402. The number of rotatable bonds is 7. The van der Waals surface area contributed by atoms with Crippen molar-refractivity contribution in [3.8, 4) is 0 Å². The van der Waals surface area contributed by atoms with Gasteiger partial charge in [0.1, 0.15) is 5.54 Å². The molecule has 0 aromatic heterocycles. The van der Waals surface area contributed by atoms with Crippen molar-refractivity contribution in [3.63, 3.8) is 0 Å². The van der Waals surface area contributed by atoms with Crippen LogP contribution in [0.4, 0.5) is 0 Å². The van der Waals surface area contributed by atoms with Gasteiger partial charge in [0, 0.05) is 13.1 Å². The predicted octanol–water partition coefficient (Wildman–Crippen LogP) is 1.60. The third kappa shape index (κ3) is 2.50. The van der Waals surface area contributed by atoms with Crippen LogP contribution in [0.15, 0.2) is 0 Å². The fraction of sp³-hybridized carbons (Fsp3) is 0.941. The summed E-state index contributed by atoms with van der Waals surface area (Å²) in [5.74, 6) is 2.62. The molecule has 4 rings (SSSR count). The normalized spacial score (nSPS) is 40.9. The summed E-state index contributed by atoms with van der Waals surface area (Å²) in [5.41, 5.74) is 5.52. The summed E-state index contributed by atoms with van der Waals surface area (Å²) in [6.07, 6.45) is 6.27. The quantitative estimate of drug-likeness (QED) is 0.749. The topological polar surface area (TPSA) is 58.4 Å². The number of carbonyl (C=O) groups excluding carboxylic acids is 1. The summed E-state index contributed by atoms with van der Waals surface area (Å²) in [6.45, 7) is 8.41. The molecule has 4 aliphatic carbocycles. The molecule has 4 fully saturated rings. The Morgan fingerprint density at radius 3 is 2.05 bits per heavy atom. The Bertz CT molecular complexity index is 363. The van der Waals surface area contributed by atoms with Crippen molar-refractivity contribution in [3.05, 3.63) is 0 Å². The molecule has 0 saturated heterocycles. The van der Waals surface area contributed by atoms with E-state index in [1.54, 1.807) is 0 Å². The van der Waals surface area contributed by atoms with Crippen molar-refractivity contribution < 1.29 is 4.79 Å². The highest BCUT2D eigenvalue weighted by atomic mass is 16.1. The van der Waals surface area contributed by atoms with E-state index in [0.29, 0.717) is 11.8 Å². The summed E-state index contributed by atoms with van der Waals surface area (Å²) >= 11 is 0. The highest BCUT2D eigenvalue weighted by Crippen LogP contribution is 2.58. The number of primary amides is 1. The number of hydrogen-bond donors (Lipinski definition) is 2. The SMILES string of the molecule is CCN(CC)CCNC1(C(N)=O)C2CC3CC(C2)CC1C3. The van der Waals surface area contributed by atoms with E-state index in [-0.39, 0.29) is 5.91 Å². The van der Waals surface area contributed by atoms with Crippen molar-refractivity contribution in [2.75, 3.05) is 26.2 Å². The lowest BCUT2D eigenvalue weighted by Gasteiger charge is -2.60. The molecule has 3 N–H and O–H groups in total. The minimum Gasteiger partial charge on any atom is -0.368 e. The fourth-order valence-corrected chi connectivity index (χ4v) is 5.67. The summed E-state index contributed by atoms with van der Waals surface area (Å²) in [4.78, 5) is 14.8. The number of amides is 1. The number of hydrogen-bond acceptors (Lipinski definition) is 3. The lowest BCUT2D eigenvalue weighted by molar-refractivity contribution is -0.143. The van der Waals surface area contributed by atoms with Gasteiger partial charge in [0.25, 0.3) is 0 Å². The second kappa shape index (κ2) is 5.88. The van der Waals surface area contributed by atoms with E-state index >= 15 is 0 Å². The number of nitrogens with one attached hydrogen (secondary N) is 1. The molecule has 0 radical (unpaired) electrons. The van der Waals surface area contributed by atoms with Gasteiger partial charge in [-0.1, -0.05) is 13.8 Å². The van der Waals surface area contributed by atoms with Crippen LogP contribution < -0.4 is 11.1 Å². The maximum Gasteiger partial charge on any atom is 0.238 e. The van der Waals surface area contributed by atoms with Gasteiger partial charge in [-0.3, -0.25) is 4.79 Å². The Morgan fingerprint density at radius 2 is 1.62 bits per heavy atom. The average Bonchev–Trinajstić information content (AvgIpc) is 2.45. The van der Waals surface area contributed by atoms with Gasteiger partial charge in [-0.05, 0) is 68.9 Å². The first kappa shape index (κ1) is 15.3. The third-order valence-electron chi connectivity index (χ3n) is 6.57. The van der Waals surface area contributed by atoms with Crippen LogP contribution in [-0.4, -0.2) is 42.5 Å². The fourth-order valence-electron chi connectivity index (χ4n) is 5.67. The molecule has 0 aliphatic heterocycles. The minimum absolute atomic E-state index is 0.0872. The predicted molar refractivity (Wildman–Crippen MR) is 84.8 cm³/mol. The number of nitrogens with zero attached hydrogens (tertiary/aromatic N) is 1. The largest absolute Gasteiger partial charge is 0.368 e. The number of nitrogens with two attached hydrogens (primary N) is 1. The molecule has 4 aliphatic rings. The second-order valence-corrected chi connectivity index (χ2v) is 7.49. The lowest BCUT2D eigenvalue weighted by Crippen LogP contribution is -2.71. The van der Waals surface area contributed by atoms with Gasteiger partial charge in [-0.2, -0.15) is 0 Å². The molecule has 0 unspecified atom stereocenters. The Morgan fingerprint density at radius 1 is 1.10 bits per heavy atom. The summed E-state index contributed by atoms with van der Waals surface area (Å²) in [5, 5.41) is 3.66. The van der Waals surface area contributed by atoms with E-state index < -0.39 is 5.54 Å². The molecule has 1 amide bonds. The molecule has 120 valence electrons. The summed E-state index contributed by atoms with van der Waals surface area (Å²) in [7, 11) is 0. The molecule has 4 bridgehead atoms. The molecule has 0 atom stereocenters.